The molecule has 0 aliphatic carbocycles. The van der Waals surface area contributed by atoms with Gasteiger partial charge in [0.05, 0.1) is 29.0 Å². The highest BCUT2D eigenvalue weighted by Crippen LogP contribution is 2.26. The van der Waals surface area contributed by atoms with E-state index < -0.39 is 0 Å². The average Bonchev–Trinajstić information content (AvgIpc) is 2.85. The van der Waals surface area contributed by atoms with Gasteiger partial charge in [-0.25, -0.2) is 0 Å². The third-order valence-corrected chi connectivity index (χ3v) is 4.16. The van der Waals surface area contributed by atoms with Crippen molar-refractivity contribution >= 4 is 15.9 Å². The highest BCUT2D eigenvalue weighted by atomic mass is 79.9. The van der Waals surface area contributed by atoms with Crippen LogP contribution in [-0.4, -0.2) is 42.4 Å². The monoisotopic (exact) mass is 350 g/mol. The number of halogens is 1. The lowest BCUT2D eigenvalue weighted by atomic mass is 10.0. The molecule has 4 nitrogen and oxygen atoms in total. The first-order valence-corrected chi connectivity index (χ1v) is 7.98. The third-order valence-electron chi connectivity index (χ3n) is 3.55. The predicted molar refractivity (Wildman–Crippen MR) is 90.4 cm³/mol. The maximum Gasteiger partial charge on any atom is 0.0699 e. The molecule has 0 fully saturated rings. The van der Waals surface area contributed by atoms with Crippen molar-refractivity contribution < 1.29 is 0 Å². The summed E-state index contributed by atoms with van der Waals surface area (Å²) in [6, 6.07) is 10.8. The summed E-state index contributed by atoms with van der Waals surface area (Å²) in [7, 11) is 6.17. The van der Waals surface area contributed by atoms with E-state index in [1.807, 2.05) is 13.2 Å². The van der Waals surface area contributed by atoms with Crippen molar-refractivity contribution in [3.8, 4) is 0 Å². The summed E-state index contributed by atoms with van der Waals surface area (Å²) in [6.07, 6.45) is 2.84. The van der Waals surface area contributed by atoms with Crippen LogP contribution in [0.2, 0.25) is 0 Å². The van der Waals surface area contributed by atoms with Crippen LogP contribution in [0.3, 0.4) is 0 Å². The van der Waals surface area contributed by atoms with Crippen molar-refractivity contribution in [2.75, 3.05) is 27.7 Å². The van der Waals surface area contributed by atoms with Crippen molar-refractivity contribution in [3.63, 3.8) is 0 Å². The van der Waals surface area contributed by atoms with Crippen LogP contribution in [0.15, 0.2) is 41.0 Å². The molecule has 0 saturated carbocycles. The zero-order chi connectivity index (χ0) is 15.2. The summed E-state index contributed by atoms with van der Waals surface area (Å²) in [6.45, 7) is 1.86. The van der Waals surface area contributed by atoms with Crippen molar-refractivity contribution in [3.05, 3.63) is 52.3 Å². The number of hydrogen-bond donors (Lipinski definition) is 1. The summed E-state index contributed by atoms with van der Waals surface area (Å²) in [5.74, 6) is 0. The number of hydrogen-bond acceptors (Lipinski definition) is 3. The minimum atomic E-state index is 0.242. The molecule has 114 valence electrons. The van der Waals surface area contributed by atoms with E-state index in [0.29, 0.717) is 0 Å². The Balaban J connectivity index is 2.19. The Morgan fingerprint density at radius 3 is 2.62 bits per heavy atom. The van der Waals surface area contributed by atoms with E-state index in [2.05, 4.69) is 80.4 Å². The highest BCUT2D eigenvalue weighted by molar-refractivity contribution is 9.10. The molecule has 0 saturated heterocycles. The molecule has 0 spiro atoms. The molecule has 5 heteroatoms. The van der Waals surface area contributed by atoms with Gasteiger partial charge < -0.3 is 10.2 Å². The Hall–Kier alpha value is -1.17. The summed E-state index contributed by atoms with van der Waals surface area (Å²) >= 11 is 3.64. The second-order valence-electron chi connectivity index (χ2n) is 5.44. The van der Waals surface area contributed by atoms with Crippen molar-refractivity contribution in [2.24, 2.45) is 0 Å². The van der Waals surface area contributed by atoms with Gasteiger partial charge in [0.25, 0.3) is 0 Å². The van der Waals surface area contributed by atoms with Crippen molar-refractivity contribution in [2.45, 2.75) is 19.0 Å². The Bertz CT molecular complexity index is 551. The molecule has 0 amide bonds. The quantitative estimate of drug-likeness (QED) is 0.833. The van der Waals surface area contributed by atoms with Gasteiger partial charge in [0, 0.05) is 6.54 Å². The smallest absolute Gasteiger partial charge is 0.0699 e. The number of likely N-dealkylation sites (N-methyl/N-ethyl adjacent to an activating group) is 2. The fourth-order valence-corrected chi connectivity index (χ4v) is 2.95. The van der Waals surface area contributed by atoms with Crippen molar-refractivity contribution in [1.82, 2.24) is 20.0 Å². The fourth-order valence-electron chi connectivity index (χ4n) is 2.38. The number of nitrogens with zero attached hydrogens (tertiary/aromatic N) is 3. The number of benzene rings is 1. The second kappa shape index (κ2) is 7.73. The molecule has 0 aliphatic heterocycles. The third kappa shape index (κ3) is 4.40. The van der Waals surface area contributed by atoms with Crippen LogP contribution in [0.25, 0.3) is 0 Å². The number of nitrogens with one attached hydrogen (secondary N) is 1. The molecule has 0 bridgehead atoms. The van der Waals surface area contributed by atoms with E-state index in [-0.39, 0.29) is 6.04 Å². The Kier molecular flexibility index (Phi) is 5.96. The van der Waals surface area contributed by atoms with Crippen LogP contribution in [0, 0.1) is 0 Å². The van der Waals surface area contributed by atoms with E-state index in [1.165, 1.54) is 11.3 Å². The summed E-state index contributed by atoms with van der Waals surface area (Å²) in [5, 5.41) is 7.92. The van der Waals surface area contributed by atoms with E-state index in [0.717, 1.165) is 24.0 Å². The molecule has 1 aromatic carbocycles. The molecular weight excluding hydrogens is 328 g/mol. The molecular formula is C16H23BrN4. The van der Waals surface area contributed by atoms with Crippen LogP contribution in [0.5, 0.6) is 0 Å². The van der Waals surface area contributed by atoms with Gasteiger partial charge in [-0.15, -0.1) is 0 Å². The molecule has 2 aromatic rings. The van der Waals surface area contributed by atoms with Crippen molar-refractivity contribution in [1.29, 1.82) is 0 Å². The predicted octanol–water partition coefficient (Wildman–Crippen LogP) is 2.71. The van der Waals surface area contributed by atoms with Gasteiger partial charge >= 0.3 is 0 Å². The molecule has 2 rings (SSSR count). The molecule has 1 unspecified atom stereocenters. The molecule has 21 heavy (non-hydrogen) atoms. The van der Waals surface area contributed by atoms with Gasteiger partial charge in [0.15, 0.2) is 0 Å². The summed E-state index contributed by atoms with van der Waals surface area (Å²) in [5.41, 5.74) is 2.53. The normalized spacial score (nSPS) is 12.8. The van der Waals surface area contributed by atoms with Gasteiger partial charge in [-0.1, -0.05) is 30.3 Å². The fraction of sp³-hybridized carbons (Fsp3) is 0.438. The first kappa shape index (κ1) is 16.2. The Labute approximate surface area is 135 Å². The number of aromatic nitrogens is 2. The van der Waals surface area contributed by atoms with Crippen LogP contribution >= 0.6 is 15.9 Å². The van der Waals surface area contributed by atoms with Gasteiger partial charge in [-0.2, -0.15) is 5.10 Å². The summed E-state index contributed by atoms with van der Waals surface area (Å²) < 4.78 is 3.16. The lowest BCUT2D eigenvalue weighted by molar-refractivity contribution is 0.363. The van der Waals surface area contributed by atoms with Crippen LogP contribution in [0.4, 0.5) is 0 Å². The molecule has 1 N–H and O–H groups in total. The zero-order valence-corrected chi connectivity index (χ0v) is 14.5. The zero-order valence-electron chi connectivity index (χ0n) is 12.9. The molecule has 0 aliphatic rings. The number of rotatable bonds is 7. The maximum atomic E-state index is 4.50. The average molecular weight is 351 g/mol. The molecule has 1 aromatic heterocycles. The second-order valence-corrected chi connectivity index (χ2v) is 6.29. The molecule has 0 radical (unpaired) electrons. The topological polar surface area (TPSA) is 33.1 Å². The van der Waals surface area contributed by atoms with E-state index in [9.17, 15) is 0 Å². The van der Waals surface area contributed by atoms with Gasteiger partial charge in [-0.05, 0) is 49.1 Å². The Morgan fingerprint density at radius 2 is 2.00 bits per heavy atom. The first-order valence-electron chi connectivity index (χ1n) is 7.19. The largest absolute Gasteiger partial charge is 0.311 e. The standard InChI is InChI=1S/C16H23BrN4/c1-18-15(11-13-7-5-4-6-8-13)16-14(17)12-19-21(16)10-9-20(2)3/h4-8,12,15,18H,9-11H2,1-3H3. The molecule has 1 atom stereocenters. The SMILES string of the molecule is CNC(Cc1ccccc1)c1c(Br)cnn1CCN(C)C. The lowest BCUT2D eigenvalue weighted by Crippen LogP contribution is -2.26. The van der Waals surface area contributed by atoms with Gasteiger partial charge in [-0.3, -0.25) is 4.68 Å². The van der Waals surface area contributed by atoms with E-state index in [4.69, 9.17) is 0 Å². The minimum absolute atomic E-state index is 0.242. The van der Waals surface area contributed by atoms with Crippen LogP contribution in [-0.2, 0) is 13.0 Å². The maximum absolute atomic E-state index is 4.50. The highest BCUT2D eigenvalue weighted by Gasteiger charge is 2.19. The lowest BCUT2D eigenvalue weighted by Gasteiger charge is -2.20. The van der Waals surface area contributed by atoms with Gasteiger partial charge in [0.2, 0.25) is 0 Å². The van der Waals surface area contributed by atoms with Crippen LogP contribution in [0.1, 0.15) is 17.3 Å². The Morgan fingerprint density at radius 1 is 1.29 bits per heavy atom. The van der Waals surface area contributed by atoms with E-state index >= 15 is 0 Å². The minimum Gasteiger partial charge on any atom is -0.311 e. The summed E-state index contributed by atoms with van der Waals surface area (Å²) in [4.78, 5) is 2.17. The van der Waals surface area contributed by atoms with E-state index in [1.54, 1.807) is 0 Å². The van der Waals surface area contributed by atoms with Crippen LogP contribution < -0.4 is 5.32 Å². The van der Waals surface area contributed by atoms with Gasteiger partial charge in [0.1, 0.15) is 0 Å². The first-order chi connectivity index (χ1) is 10.1. The molecule has 1 heterocycles.